The fourth-order valence-electron chi connectivity index (χ4n) is 3.99. The lowest BCUT2D eigenvalue weighted by molar-refractivity contribution is -0.126. The van der Waals surface area contributed by atoms with Crippen LogP contribution in [0.2, 0.25) is 5.02 Å². The van der Waals surface area contributed by atoms with E-state index in [1.165, 1.54) is 0 Å². The number of halogens is 1. The van der Waals surface area contributed by atoms with Gasteiger partial charge in [0.2, 0.25) is 5.91 Å². The number of hydrogen-bond donors (Lipinski definition) is 1. The molecule has 154 valence electrons. The maximum Gasteiger partial charge on any atom is 0.254 e. The Kier molecular flexibility index (Phi) is 6.00. The van der Waals surface area contributed by atoms with Gasteiger partial charge in [0, 0.05) is 35.6 Å². The zero-order chi connectivity index (χ0) is 21.1. The zero-order valence-electron chi connectivity index (χ0n) is 16.9. The first-order valence-electron chi connectivity index (χ1n) is 10.3. The number of aromatic nitrogens is 1. The van der Waals surface area contributed by atoms with Gasteiger partial charge in [-0.15, -0.1) is 0 Å². The molecule has 1 saturated heterocycles. The van der Waals surface area contributed by atoms with E-state index < -0.39 is 0 Å². The lowest BCUT2D eigenvalue weighted by atomic mass is 9.95. The molecule has 2 amide bonds. The van der Waals surface area contributed by atoms with Crippen LogP contribution in [0.15, 0.2) is 54.6 Å². The van der Waals surface area contributed by atoms with E-state index in [9.17, 15) is 9.59 Å². The van der Waals surface area contributed by atoms with Gasteiger partial charge in [-0.3, -0.25) is 9.59 Å². The largest absolute Gasteiger partial charge is 0.356 e. The maximum absolute atomic E-state index is 13.5. The molecule has 6 heteroatoms. The van der Waals surface area contributed by atoms with Gasteiger partial charge in [-0.2, -0.15) is 0 Å². The van der Waals surface area contributed by atoms with E-state index >= 15 is 0 Å². The van der Waals surface area contributed by atoms with Crippen molar-refractivity contribution >= 4 is 34.3 Å². The van der Waals surface area contributed by atoms with Gasteiger partial charge >= 0.3 is 0 Å². The average Bonchev–Trinajstić information content (AvgIpc) is 2.78. The zero-order valence-corrected chi connectivity index (χ0v) is 17.7. The van der Waals surface area contributed by atoms with Crippen molar-refractivity contribution in [1.82, 2.24) is 15.2 Å². The van der Waals surface area contributed by atoms with Gasteiger partial charge in [-0.05, 0) is 44.0 Å². The van der Waals surface area contributed by atoms with Crippen LogP contribution in [0, 0.1) is 5.92 Å². The smallest absolute Gasteiger partial charge is 0.254 e. The van der Waals surface area contributed by atoms with E-state index in [1.54, 1.807) is 4.90 Å². The number of piperidine rings is 1. The highest BCUT2D eigenvalue weighted by Gasteiger charge is 2.29. The van der Waals surface area contributed by atoms with Crippen LogP contribution < -0.4 is 5.32 Å². The SMILES string of the molecule is CCNC(=O)C1CCCN(C(=O)c2cc(-c3ccc(Cl)cc3)nc3ccccc23)C1. The number of carbonyl (C=O) groups excluding carboxylic acids is 2. The molecule has 0 spiro atoms. The van der Waals surface area contributed by atoms with Gasteiger partial charge in [0.05, 0.1) is 22.7 Å². The highest BCUT2D eigenvalue weighted by molar-refractivity contribution is 6.30. The maximum atomic E-state index is 13.5. The van der Waals surface area contributed by atoms with Crippen LogP contribution in [0.3, 0.4) is 0 Å². The second kappa shape index (κ2) is 8.84. The summed E-state index contributed by atoms with van der Waals surface area (Å²) in [6.45, 7) is 3.60. The Morgan fingerprint density at radius 3 is 2.70 bits per heavy atom. The monoisotopic (exact) mass is 421 g/mol. The van der Waals surface area contributed by atoms with E-state index in [0.717, 1.165) is 35.0 Å². The van der Waals surface area contributed by atoms with Crippen LogP contribution in [-0.2, 0) is 4.79 Å². The molecule has 1 atom stereocenters. The van der Waals surface area contributed by atoms with Crippen molar-refractivity contribution in [3.05, 3.63) is 65.2 Å². The molecule has 0 bridgehead atoms. The summed E-state index contributed by atoms with van der Waals surface area (Å²) in [5, 5.41) is 4.35. The third kappa shape index (κ3) is 4.17. The predicted octanol–water partition coefficient (Wildman–Crippen LogP) is 4.54. The molecule has 1 fully saturated rings. The lowest BCUT2D eigenvalue weighted by Gasteiger charge is -2.32. The molecule has 3 aromatic rings. The van der Waals surface area contributed by atoms with Crippen LogP contribution >= 0.6 is 11.6 Å². The van der Waals surface area contributed by atoms with Crippen molar-refractivity contribution < 1.29 is 9.59 Å². The average molecular weight is 422 g/mol. The second-order valence-corrected chi connectivity index (χ2v) is 8.00. The number of hydrogen-bond acceptors (Lipinski definition) is 3. The van der Waals surface area contributed by atoms with Crippen molar-refractivity contribution in [1.29, 1.82) is 0 Å². The van der Waals surface area contributed by atoms with Crippen molar-refractivity contribution in [3.8, 4) is 11.3 Å². The molecule has 5 nitrogen and oxygen atoms in total. The minimum atomic E-state index is -0.161. The number of nitrogens with zero attached hydrogens (tertiary/aromatic N) is 2. The Balaban J connectivity index is 1.71. The van der Waals surface area contributed by atoms with Crippen LogP contribution in [0.5, 0.6) is 0 Å². The molecule has 0 radical (unpaired) electrons. The molecule has 0 aliphatic carbocycles. The molecule has 1 unspecified atom stereocenters. The fraction of sp³-hybridized carbons (Fsp3) is 0.292. The number of benzene rings is 2. The lowest BCUT2D eigenvalue weighted by Crippen LogP contribution is -2.45. The Morgan fingerprint density at radius 2 is 1.93 bits per heavy atom. The quantitative estimate of drug-likeness (QED) is 0.672. The van der Waals surface area contributed by atoms with Crippen molar-refractivity contribution in [2.45, 2.75) is 19.8 Å². The minimum Gasteiger partial charge on any atom is -0.356 e. The third-order valence-electron chi connectivity index (χ3n) is 5.52. The Labute approximate surface area is 181 Å². The fourth-order valence-corrected chi connectivity index (χ4v) is 4.11. The minimum absolute atomic E-state index is 0.0245. The van der Waals surface area contributed by atoms with E-state index in [4.69, 9.17) is 16.6 Å². The van der Waals surface area contributed by atoms with Gasteiger partial charge in [-0.1, -0.05) is 41.9 Å². The molecule has 2 heterocycles. The summed E-state index contributed by atoms with van der Waals surface area (Å²) in [6.07, 6.45) is 1.63. The number of para-hydroxylation sites is 1. The van der Waals surface area contributed by atoms with E-state index in [0.29, 0.717) is 30.2 Å². The molecule has 1 aliphatic heterocycles. The number of amides is 2. The molecule has 1 aliphatic rings. The summed E-state index contributed by atoms with van der Waals surface area (Å²) >= 11 is 6.03. The summed E-state index contributed by atoms with van der Waals surface area (Å²) < 4.78 is 0. The van der Waals surface area contributed by atoms with Gasteiger partial charge in [0.15, 0.2) is 0 Å². The number of rotatable bonds is 4. The summed E-state index contributed by atoms with van der Waals surface area (Å²) in [4.78, 5) is 32.4. The summed E-state index contributed by atoms with van der Waals surface area (Å²) in [7, 11) is 0. The highest BCUT2D eigenvalue weighted by Crippen LogP contribution is 2.28. The van der Waals surface area contributed by atoms with Crippen LogP contribution in [0.1, 0.15) is 30.1 Å². The van der Waals surface area contributed by atoms with E-state index in [-0.39, 0.29) is 17.7 Å². The van der Waals surface area contributed by atoms with E-state index in [1.807, 2.05) is 61.5 Å². The van der Waals surface area contributed by atoms with Crippen molar-refractivity contribution in [2.75, 3.05) is 19.6 Å². The number of fused-ring (bicyclic) bond motifs is 1. The molecule has 0 saturated carbocycles. The number of pyridine rings is 1. The van der Waals surface area contributed by atoms with Gasteiger partial charge in [0.25, 0.3) is 5.91 Å². The predicted molar refractivity (Wildman–Crippen MR) is 120 cm³/mol. The molecular formula is C24H24ClN3O2. The first-order valence-corrected chi connectivity index (χ1v) is 10.7. The first kappa shape index (κ1) is 20.4. The Morgan fingerprint density at radius 1 is 1.17 bits per heavy atom. The van der Waals surface area contributed by atoms with Crippen molar-refractivity contribution in [3.63, 3.8) is 0 Å². The van der Waals surface area contributed by atoms with Gasteiger partial charge < -0.3 is 10.2 Å². The molecule has 2 aromatic carbocycles. The third-order valence-corrected chi connectivity index (χ3v) is 5.77. The number of nitrogens with one attached hydrogen (secondary N) is 1. The van der Waals surface area contributed by atoms with E-state index in [2.05, 4.69) is 5.32 Å². The second-order valence-electron chi connectivity index (χ2n) is 7.56. The summed E-state index contributed by atoms with van der Waals surface area (Å²) in [5.74, 6) is -0.194. The summed E-state index contributed by atoms with van der Waals surface area (Å²) in [6, 6.07) is 17.0. The Bertz CT molecular complexity index is 1080. The standard InChI is InChI=1S/C24H24ClN3O2/c1-2-26-23(29)17-6-5-13-28(15-17)24(30)20-14-22(16-9-11-18(25)12-10-16)27-21-8-4-3-7-19(20)21/h3-4,7-12,14,17H,2,5-6,13,15H2,1H3,(H,26,29). The first-order chi connectivity index (χ1) is 14.6. The number of carbonyl (C=O) groups is 2. The summed E-state index contributed by atoms with van der Waals surface area (Å²) in [5.41, 5.74) is 3.01. The molecular weight excluding hydrogens is 398 g/mol. The Hall–Kier alpha value is -2.92. The topological polar surface area (TPSA) is 62.3 Å². The normalized spacial score (nSPS) is 16.5. The van der Waals surface area contributed by atoms with Gasteiger partial charge in [0.1, 0.15) is 0 Å². The van der Waals surface area contributed by atoms with Crippen LogP contribution in [0.25, 0.3) is 22.2 Å². The van der Waals surface area contributed by atoms with Crippen LogP contribution in [0.4, 0.5) is 0 Å². The molecule has 1 N–H and O–H groups in total. The molecule has 30 heavy (non-hydrogen) atoms. The molecule has 4 rings (SSSR count). The van der Waals surface area contributed by atoms with Crippen molar-refractivity contribution in [2.24, 2.45) is 5.92 Å². The van der Waals surface area contributed by atoms with Gasteiger partial charge in [-0.25, -0.2) is 4.98 Å². The van der Waals surface area contributed by atoms with Crippen LogP contribution in [-0.4, -0.2) is 41.3 Å². The highest BCUT2D eigenvalue weighted by atomic mass is 35.5. The molecule has 1 aromatic heterocycles. The number of likely N-dealkylation sites (tertiary alicyclic amines) is 1.